The van der Waals surface area contributed by atoms with Gasteiger partial charge in [-0.2, -0.15) is 0 Å². The second-order valence-corrected chi connectivity index (χ2v) is 10.00. The maximum Gasteiger partial charge on any atom is 0.249 e. The molecule has 0 radical (unpaired) electrons. The van der Waals surface area contributed by atoms with Gasteiger partial charge in [-0.05, 0) is 86.8 Å². The Morgan fingerprint density at radius 2 is 1.68 bits per heavy atom. The Balaban J connectivity index is 1.24. The summed E-state index contributed by atoms with van der Waals surface area (Å²) in [4.78, 5) is 33.3. The highest BCUT2D eigenvalue weighted by Crippen LogP contribution is 2.41. The molecule has 0 saturated carbocycles. The van der Waals surface area contributed by atoms with Crippen molar-refractivity contribution in [1.82, 2.24) is 4.90 Å². The summed E-state index contributed by atoms with van der Waals surface area (Å²) in [7, 11) is 0. The molecule has 190 valence electrons. The predicted octanol–water partition coefficient (Wildman–Crippen LogP) is 5.33. The van der Waals surface area contributed by atoms with Crippen molar-refractivity contribution in [3.8, 4) is 5.75 Å². The van der Waals surface area contributed by atoms with Crippen LogP contribution < -0.4 is 14.5 Å². The molecule has 0 N–H and O–H groups in total. The Labute approximate surface area is 216 Å². The molecule has 3 aromatic rings. The van der Waals surface area contributed by atoms with Gasteiger partial charge in [0, 0.05) is 29.9 Å². The summed E-state index contributed by atoms with van der Waals surface area (Å²) >= 11 is 0. The van der Waals surface area contributed by atoms with E-state index in [1.54, 1.807) is 11.0 Å². The summed E-state index contributed by atoms with van der Waals surface area (Å²) in [5.41, 5.74) is 3.68. The number of hydrogen-bond donors (Lipinski definition) is 0. The van der Waals surface area contributed by atoms with E-state index in [2.05, 4.69) is 4.90 Å². The van der Waals surface area contributed by atoms with Gasteiger partial charge in [0.05, 0.1) is 24.0 Å². The zero-order chi connectivity index (χ0) is 25.4. The fourth-order valence-corrected chi connectivity index (χ4v) is 5.73. The molecule has 0 bridgehead atoms. The summed E-state index contributed by atoms with van der Waals surface area (Å²) in [5.74, 6) is 0.0888. The zero-order valence-electron chi connectivity index (χ0n) is 20.7. The Morgan fingerprint density at radius 3 is 2.49 bits per heavy atom. The number of fused-ring (bicyclic) bond motifs is 2. The van der Waals surface area contributed by atoms with Gasteiger partial charge in [-0.25, -0.2) is 4.39 Å². The van der Waals surface area contributed by atoms with E-state index in [0.29, 0.717) is 41.2 Å². The van der Waals surface area contributed by atoms with Crippen LogP contribution in [0.4, 0.5) is 21.5 Å². The summed E-state index contributed by atoms with van der Waals surface area (Å²) < 4.78 is 20.0. The van der Waals surface area contributed by atoms with Crippen LogP contribution >= 0.6 is 0 Å². The molecule has 6 rings (SSSR count). The van der Waals surface area contributed by atoms with Crippen LogP contribution in [0.3, 0.4) is 0 Å². The zero-order valence-corrected chi connectivity index (χ0v) is 20.7. The first kappa shape index (κ1) is 23.7. The van der Waals surface area contributed by atoms with Gasteiger partial charge in [0.2, 0.25) is 5.91 Å². The molecule has 0 aliphatic carbocycles. The number of nitrogens with zero attached hydrogens (tertiary/aromatic N) is 3. The summed E-state index contributed by atoms with van der Waals surface area (Å²) in [6.07, 6.45) is 3.91. The summed E-state index contributed by atoms with van der Waals surface area (Å²) in [6.45, 7) is 3.16. The molecule has 2 fully saturated rings. The molecule has 3 aliphatic rings. The second kappa shape index (κ2) is 9.98. The van der Waals surface area contributed by atoms with Gasteiger partial charge in [-0.15, -0.1) is 0 Å². The van der Waals surface area contributed by atoms with Gasteiger partial charge in [0.15, 0.2) is 5.78 Å². The number of Topliss-reactive ketones (excluding diaryl/α,β-unsaturated/α-hetero) is 1. The van der Waals surface area contributed by atoms with Gasteiger partial charge in [0.25, 0.3) is 0 Å². The highest BCUT2D eigenvalue weighted by Gasteiger charge is 2.38. The van der Waals surface area contributed by atoms with Crippen molar-refractivity contribution in [3.63, 3.8) is 0 Å². The van der Waals surface area contributed by atoms with Crippen LogP contribution in [0.1, 0.15) is 41.6 Å². The summed E-state index contributed by atoms with van der Waals surface area (Å²) in [5, 5.41) is 0. The van der Waals surface area contributed by atoms with E-state index < -0.39 is 6.04 Å². The minimum Gasteiger partial charge on any atom is -0.487 e. The number of likely N-dealkylation sites (tertiary alicyclic amines) is 1. The molecule has 1 amide bonds. The number of rotatable bonds is 5. The molecule has 0 spiro atoms. The van der Waals surface area contributed by atoms with Crippen molar-refractivity contribution in [3.05, 3.63) is 83.7 Å². The third-order valence-corrected chi connectivity index (χ3v) is 7.65. The largest absolute Gasteiger partial charge is 0.487 e. The number of benzene rings is 3. The molecular formula is C30H30FN3O3. The molecule has 3 aliphatic heterocycles. The third kappa shape index (κ3) is 4.60. The first-order valence-electron chi connectivity index (χ1n) is 13.0. The maximum atomic E-state index is 14.1. The van der Waals surface area contributed by atoms with Crippen LogP contribution in [0.2, 0.25) is 0 Å². The highest BCUT2D eigenvalue weighted by atomic mass is 19.1. The average Bonchev–Trinajstić information content (AvgIpc) is 3.59. The SMILES string of the molecule is O=C(CN1CCC[C@@H]1C(=O)N1c2ccc(F)cc2COc2ccccc21)c1ccc(N2CCCC2)cc1. The van der Waals surface area contributed by atoms with Crippen LogP contribution in [0.5, 0.6) is 5.75 Å². The third-order valence-electron chi connectivity index (χ3n) is 7.65. The fourth-order valence-electron chi connectivity index (χ4n) is 5.73. The highest BCUT2D eigenvalue weighted by molar-refractivity contribution is 6.06. The predicted molar refractivity (Wildman–Crippen MR) is 141 cm³/mol. The Bertz CT molecular complexity index is 1320. The first-order chi connectivity index (χ1) is 18.1. The molecule has 3 heterocycles. The van der Waals surface area contributed by atoms with Gasteiger partial charge in [-0.3, -0.25) is 19.4 Å². The van der Waals surface area contributed by atoms with Crippen molar-refractivity contribution < 1.29 is 18.7 Å². The van der Waals surface area contributed by atoms with Crippen molar-refractivity contribution in [2.24, 2.45) is 0 Å². The van der Waals surface area contributed by atoms with E-state index in [1.807, 2.05) is 53.4 Å². The van der Waals surface area contributed by atoms with Gasteiger partial charge < -0.3 is 9.64 Å². The molecule has 37 heavy (non-hydrogen) atoms. The lowest BCUT2D eigenvalue weighted by molar-refractivity contribution is -0.121. The quantitative estimate of drug-likeness (QED) is 0.444. The lowest BCUT2D eigenvalue weighted by Gasteiger charge is -2.30. The first-order valence-corrected chi connectivity index (χ1v) is 13.0. The minimum absolute atomic E-state index is 0.00902. The van der Waals surface area contributed by atoms with Crippen LogP contribution in [0, 0.1) is 5.82 Å². The van der Waals surface area contributed by atoms with E-state index in [-0.39, 0.29) is 30.7 Å². The Kier molecular flexibility index (Phi) is 6.38. The average molecular weight is 500 g/mol. The van der Waals surface area contributed by atoms with Crippen molar-refractivity contribution >= 4 is 28.8 Å². The number of carbonyl (C=O) groups is 2. The number of halogens is 1. The van der Waals surface area contributed by atoms with E-state index in [4.69, 9.17) is 4.74 Å². The topological polar surface area (TPSA) is 53.1 Å². The number of hydrogen-bond acceptors (Lipinski definition) is 5. The van der Waals surface area contributed by atoms with Crippen LogP contribution in [0.25, 0.3) is 0 Å². The number of amides is 1. The van der Waals surface area contributed by atoms with Gasteiger partial charge in [0.1, 0.15) is 18.2 Å². The Morgan fingerprint density at radius 1 is 0.892 bits per heavy atom. The number of ketones is 1. The molecule has 2 saturated heterocycles. The lowest BCUT2D eigenvalue weighted by atomic mass is 10.1. The molecule has 1 atom stereocenters. The van der Waals surface area contributed by atoms with E-state index in [9.17, 15) is 14.0 Å². The van der Waals surface area contributed by atoms with E-state index >= 15 is 0 Å². The number of carbonyl (C=O) groups excluding carboxylic acids is 2. The second-order valence-electron chi connectivity index (χ2n) is 10.00. The molecule has 0 aromatic heterocycles. The van der Waals surface area contributed by atoms with Crippen LogP contribution in [-0.4, -0.2) is 48.8 Å². The molecule has 6 nitrogen and oxygen atoms in total. The number of ether oxygens (including phenoxy) is 1. The Hall–Kier alpha value is -3.71. The van der Waals surface area contributed by atoms with Crippen LogP contribution in [0.15, 0.2) is 66.7 Å². The van der Waals surface area contributed by atoms with Gasteiger partial charge in [-0.1, -0.05) is 12.1 Å². The summed E-state index contributed by atoms with van der Waals surface area (Å²) in [6, 6.07) is 19.2. The van der Waals surface area contributed by atoms with Crippen molar-refractivity contribution in [2.45, 2.75) is 38.3 Å². The van der Waals surface area contributed by atoms with Gasteiger partial charge >= 0.3 is 0 Å². The maximum absolute atomic E-state index is 14.1. The normalized spacial score (nSPS) is 19.2. The number of para-hydroxylation sites is 2. The molecular weight excluding hydrogens is 469 g/mol. The van der Waals surface area contributed by atoms with E-state index in [0.717, 1.165) is 25.2 Å². The number of anilines is 3. The molecule has 3 aromatic carbocycles. The monoisotopic (exact) mass is 499 g/mol. The smallest absolute Gasteiger partial charge is 0.249 e. The minimum atomic E-state index is -0.447. The lowest BCUT2D eigenvalue weighted by Crippen LogP contribution is -2.45. The van der Waals surface area contributed by atoms with E-state index in [1.165, 1.54) is 25.0 Å². The van der Waals surface area contributed by atoms with Crippen molar-refractivity contribution in [1.29, 1.82) is 0 Å². The standard InChI is InChI=1S/C30H30FN3O3/c31-23-11-14-25-22(18-23)20-37-29-8-2-1-6-26(29)34(25)30(36)27-7-5-17-33(27)19-28(35)21-9-12-24(13-10-21)32-15-3-4-16-32/h1-2,6,8-14,18,27H,3-5,7,15-17,19-20H2/t27-/m1/s1. The van der Waals surface area contributed by atoms with Crippen LogP contribution in [-0.2, 0) is 11.4 Å². The fraction of sp³-hybridized carbons (Fsp3) is 0.333. The molecule has 7 heteroatoms. The van der Waals surface area contributed by atoms with Crippen molar-refractivity contribution in [2.75, 3.05) is 36.0 Å². The molecule has 0 unspecified atom stereocenters.